The Labute approximate surface area is 111 Å². The third-order valence-electron chi connectivity index (χ3n) is 2.68. The van der Waals surface area contributed by atoms with Gasteiger partial charge >= 0.3 is 0 Å². The van der Waals surface area contributed by atoms with Crippen molar-refractivity contribution in [2.75, 3.05) is 18.6 Å². The molecule has 0 aliphatic heterocycles. The molecule has 0 aromatic carbocycles. The monoisotopic (exact) mass is 287 g/mol. The largest absolute Gasteiger partial charge is 0.310 e. The summed E-state index contributed by atoms with van der Waals surface area (Å²) in [5, 5.41) is 3.15. The Hall–Kier alpha value is -0.920. The molecule has 0 aliphatic carbocycles. The van der Waals surface area contributed by atoms with Crippen LogP contribution in [0, 0.1) is 13.8 Å². The van der Waals surface area contributed by atoms with E-state index < -0.39 is 9.84 Å². The van der Waals surface area contributed by atoms with E-state index in [0.717, 1.165) is 16.3 Å². The molecule has 0 radical (unpaired) electrons. The Morgan fingerprint density at radius 2 is 2.17 bits per heavy atom. The first kappa shape index (κ1) is 13.5. The second-order valence-corrected chi connectivity index (χ2v) is 7.92. The number of thiazole rings is 1. The van der Waals surface area contributed by atoms with E-state index in [1.54, 1.807) is 11.3 Å². The van der Waals surface area contributed by atoms with Crippen molar-refractivity contribution < 1.29 is 8.42 Å². The van der Waals surface area contributed by atoms with Crippen molar-refractivity contribution in [3.05, 3.63) is 22.5 Å². The fourth-order valence-electron chi connectivity index (χ4n) is 1.79. The lowest BCUT2D eigenvalue weighted by atomic mass is 10.3. The Balaban J connectivity index is 2.05. The molecule has 0 aliphatic rings. The molecule has 100 valence electrons. The van der Waals surface area contributed by atoms with Crippen LogP contribution in [0.4, 0.5) is 0 Å². The van der Waals surface area contributed by atoms with E-state index in [4.69, 9.17) is 0 Å². The molecule has 5 nitrogen and oxygen atoms in total. The fraction of sp³-hybridized carbons (Fsp3) is 0.545. The second kappa shape index (κ2) is 4.99. The highest BCUT2D eigenvalue weighted by Gasteiger charge is 2.10. The maximum atomic E-state index is 11.0. The third kappa shape index (κ3) is 3.09. The quantitative estimate of drug-likeness (QED) is 0.838. The SMILES string of the molecule is Cc1cn2c(CNCCS(C)(=O)=O)c(C)nc2s1. The predicted molar refractivity (Wildman–Crippen MR) is 74.0 cm³/mol. The molecule has 0 saturated heterocycles. The van der Waals surface area contributed by atoms with Gasteiger partial charge in [0.1, 0.15) is 9.84 Å². The zero-order valence-electron chi connectivity index (χ0n) is 10.7. The number of nitrogens with one attached hydrogen (secondary N) is 1. The highest BCUT2D eigenvalue weighted by atomic mass is 32.2. The number of hydrogen-bond donors (Lipinski definition) is 1. The summed E-state index contributed by atoms with van der Waals surface area (Å²) < 4.78 is 24.1. The van der Waals surface area contributed by atoms with Gasteiger partial charge in [-0.05, 0) is 13.8 Å². The third-order valence-corrected chi connectivity index (χ3v) is 4.53. The molecule has 0 atom stereocenters. The number of aryl methyl sites for hydroxylation is 2. The molecular formula is C11H17N3O2S2. The molecule has 0 fully saturated rings. The van der Waals surface area contributed by atoms with Crippen LogP contribution in [0.2, 0.25) is 0 Å². The first-order valence-electron chi connectivity index (χ1n) is 5.69. The van der Waals surface area contributed by atoms with Gasteiger partial charge in [0.05, 0.1) is 17.1 Å². The smallest absolute Gasteiger partial charge is 0.194 e. The molecule has 2 aromatic heterocycles. The number of imidazole rings is 1. The van der Waals surface area contributed by atoms with Crippen LogP contribution in [0.3, 0.4) is 0 Å². The van der Waals surface area contributed by atoms with Crippen LogP contribution in [0.5, 0.6) is 0 Å². The van der Waals surface area contributed by atoms with Crippen molar-refractivity contribution in [3.8, 4) is 0 Å². The van der Waals surface area contributed by atoms with Crippen LogP contribution in [-0.4, -0.2) is 36.4 Å². The van der Waals surface area contributed by atoms with Gasteiger partial charge in [0.2, 0.25) is 0 Å². The van der Waals surface area contributed by atoms with Crippen LogP contribution in [0.15, 0.2) is 6.20 Å². The van der Waals surface area contributed by atoms with Crippen molar-refractivity contribution in [1.29, 1.82) is 0 Å². The lowest BCUT2D eigenvalue weighted by Gasteiger charge is -2.04. The first-order valence-corrected chi connectivity index (χ1v) is 8.57. The van der Waals surface area contributed by atoms with Gasteiger partial charge in [0, 0.05) is 30.4 Å². The van der Waals surface area contributed by atoms with Crippen molar-refractivity contribution >= 4 is 26.1 Å². The second-order valence-electron chi connectivity index (χ2n) is 4.44. The lowest BCUT2D eigenvalue weighted by molar-refractivity contribution is 0.595. The summed E-state index contributed by atoms with van der Waals surface area (Å²) in [5.74, 6) is 0.163. The average Bonchev–Trinajstić information content (AvgIpc) is 2.68. The minimum absolute atomic E-state index is 0.163. The summed E-state index contributed by atoms with van der Waals surface area (Å²) in [6, 6.07) is 0. The molecule has 2 aromatic rings. The molecule has 0 spiro atoms. The molecule has 0 bridgehead atoms. The number of rotatable bonds is 5. The summed E-state index contributed by atoms with van der Waals surface area (Å²) in [4.78, 5) is 6.69. The summed E-state index contributed by atoms with van der Waals surface area (Å²) in [7, 11) is -2.90. The van der Waals surface area contributed by atoms with E-state index in [-0.39, 0.29) is 5.75 Å². The maximum Gasteiger partial charge on any atom is 0.194 e. The average molecular weight is 287 g/mol. The Bertz CT molecular complexity index is 655. The molecule has 7 heteroatoms. The van der Waals surface area contributed by atoms with E-state index in [9.17, 15) is 8.42 Å². The van der Waals surface area contributed by atoms with Crippen LogP contribution in [0.1, 0.15) is 16.3 Å². The van der Waals surface area contributed by atoms with Crippen molar-refractivity contribution in [2.45, 2.75) is 20.4 Å². The molecule has 2 rings (SSSR count). The predicted octanol–water partition coefficient (Wildman–Crippen LogP) is 1.15. The Morgan fingerprint density at radius 1 is 1.44 bits per heavy atom. The Morgan fingerprint density at radius 3 is 2.83 bits per heavy atom. The zero-order valence-corrected chi connectivity index (χ0v) is 12.4. The fourth-order valence-corrected chi connectivity index (χ4v) is 3.19. The number of fused-ring (bicyclic) bond motifs is 1. The van der Waals surface area contributed by atoms with Gasteiger partial charge in [-0.2, -0.15) is 0 Å². The van der Waals surface area contributed by atoms with E-state index in [2.05, 4.69) is 27.8 Å². The minimum Gasteiger partial charge on any atom is -0.310 e. The zero-order chi connectivity index (χ0) is 13.3. The molecule has 18 heavy (non-hydrogen) atoms. The van der Waals surface area contributed by atoms with E-state index in [1.807, 2.05) is 6.92 Å². The number of sulfone groups is 1. The minimum atomic E-state index is -2.90. The number of nitrogens with zero attached hydrogens (tertiary/aromatic N) is 2. The summed E-state index contributed by atoms with van der Waals surface area (Å²) in [6.07, 6.45) is 3.31. The normalized spacial score (nSPS) is 12.4. The molecule has 0 saturated carbocycles. The van der Waals surface area contributed by atoms with E-state index in [0.29, 0.717) is 13.1 Å². The van der Waals surface area contributed by atoms with Gasteiger partial charge < -0.3 is 5.32 Å². The van der Waals surface area contributed by atoms with E-state index in [1.165, 1.54) is 11.1 Å². The molecule has 0 amide bonds. The van der Waals surface area contributed by atoms with Crippen LogP contribution in [-0.2, 0) is 16.4 Å². The lowest BCUT2D eigenvalue weighted by Crippen LogP contribution is -2.22. The standard InChI is InChI=1S/C11H17N3O2S2/c1-8-7-14-10(9(2)13-11(14)17-8)6-12-4-5-18(3,15)16/h7,12H,4-6H2,1-3H3. The maximum absolute atomic E-state index is 11.0. The van der Waals surface area contributed by atoms with Gasteiger partial charge in [-0.25, -0.2) is 13.4 Å². The molecule has 2 heterocycles. The topological polar surface area (TPSA) is 63.5 Å². The van der Waals surface area contributed by atoms with Crippen molar-refractivity contribution in [1.82, 2.24) is 14.7 Å². The van der Waals surface area contributed by atoms with Gasteiger partial charge in [0.25, 0.3) is 0 Å². The van der Waals surface area contributed by atoms with Crippen molar-refractivity contribution in [3.63, 3.8) is 0 Å². The number of aromatic nitrogens is 2. The molecule has 1 N–H and O–H groups in total. The molecule has 0 unspecified atom stereocenters. The van der Waals surface area contributed by atoms with Gasteiger partial charge in [-0.3, -0.25) is 4.40 Å². The summed E-state index contributed by atoms with van der Waals surface area (Å²) >= 11 is 1.66. The van der Waals surface area contributed by atoms with Crippen LogP contribution in [0.25, 0.3) is 4.96 Å². The summed E-state index contributed by atoms with van der Waals surface area (Å²) in [5.41, 5.74) is 2.09. The van der Waals surface area contributed by atoms with Crippen molar-refractivity contribution in [2.24, 2.45) is 0 Å². The van der Waals surface area contributed by atoms with Gasteiger partial charge in [-0.15, -0.1) is 11.3 Å². The summed E-state index contributed by atoms with van der Waals surface area (Å²) in [6.45, 7) is 5.13. The Kier molecular flexibility index (Phi) is 3.74. The van der Waals surface area contributed by atoms with Gasteiger partial charge in [0.15, 0.2) is 4.96 Å². The number of hydrogen-bond acceptors (Lipinski definition) is 5. The first-order chi connectivity index (χ1) is 8.37. The van der Waals surface area contributed by atoms with Crippen LogP contribution < -0.4 is 5.32 Å². The van der Waals surface area contributed by atoms with Crippen LogP contribution >= 0.6 is 11.3 Å². The van der Waals surface area contributed by atoms with E-state index >= 15 is 0 Å². The van der Waals surface area contributed by atoms with Gasteiger partial charge in [-0.1, -0.05) is 0 Å². The molecular weight excluding hydrogens is 270 g/mol. The highest BCUT2D eigenvalue weighted by molar-refractivity contribution is 7.90. The highest BCUT2D eigenvalue weighted by Crippen LogP contribution is 2.20.